The highest BCUT2D eigenvalue weighted by Crippen LogP contribution is 2.24. The Bertz CT molecular complexity index is 1580. The van der Waals surface area contributed by atoms with Crippen LogP contribution in [0.25, 0.3) is 0 Å². The number of carbonyl (C=O) groups excluding carboxylic acids is 2. The Labute approximate surface area is 255 Å². The first-order valence-corrected chi connectivity index (χ1v) is 19.4. The van der Waals surface area contributed by atoms with Gasteiger partial charge in [-0.25, -0.2) is 9.59 Å². The van der Waals surface area contributed by atoms with E-state index in [1.165, 1.54) is 48.5 Å². The van der Waals surface area contributed by atoms with Crippen LogP contribution in [-0.4, -0.2) is 108 Å². The predicted molar refractivity (Wildman–Crippen MR) is 152 cm³/mol. The lowest BCUT2D eigenvalue weighted by Crippen LogP contribution is -2.54. The predicted octanol–water partition coefficient (Wildman–Crippen LogP) is 0.0796. The van der Waals surface area contributed by atoms with Crippen LogP contribution in [0.15, 0.2) is 60.7 Å². The number of esters is 2. The van der Waals surface area contributed by atoms with Gasteiger partial charge in [-0.2, -0.15) is 33.7 Å². The van der Waals surface area contributed by atoms with Crippen molar-refractivity contribution in [2.75, 3.05) is 38.2 Å². The Kier molecular flexibility index (Phi) is 13.0. The van der Waals surface area contributed by atoms with Crippen LogP contribution in [0.5, 0.6) is 0 Å². The summed E-state index contributed by atoms with van der Waals surface area (Å²) in [4.78, 5) is 25.2. The molecule has 0 bridgehead atoms. The Morgan fingerprint density at radius 2 is 0.773 bits per heavy atom. The van der Waals surface area contributed by atoms with Crippen molar-refractivity contribution in [3.05, 3.63) is 71.8 Å². The van der Waals surface area contributed by atoms with Gasteiger partial charge in [0.15, 0.2) is 0 Å². The standard InChI is InChI=1S/C24H30O16S4/c1-41(27,28)37-19(15-35-23(25)17-11-7-5-8-12-17)21(39-43(3,31)32)22(40-44(4,33)34)20(38-42(2,29)30)16-36-24(26)18-13-9-6-10-14-18/h5-14,19-22H,15-16H2,1-4H3/t19-,20+,21-,22+. The Morgan fingerprint density at radius 3 is 1.02 bits per heavy atom. The molecular weight excluding hydrogens is 673 g/mol. The summed E-state index contributed by atoms with van der Waals surface area (Å²) in [6.07, 6.45) is -7.17. The van der Waals surface area contributed by atoms with E-state index in [2.05, 4.69) is 0 Å². The fourth-order valence-corrected chi connectivity index (χ4v) is 6.00. The van der Waals surface area contributed by atoms with Crippen LogP contribution >= 0.6 is 0 Å². The van der Waals surface area contributed by atoms with E-state index in [0.29, 0.717) is 25.0 Å². The van der Waals surface area contributed by atoms with Gasteiger partial charge in [-0.15, -0.1) is 0 Å². The van der Waals surface area contributed by atoms with Crippen molar-refractivity contribution in [3.8, 4) is 0 Å². The van der Waals surface area contributed by atoms with E-state index in [0.717, 1.165) is 0 Å². The number of rotatable bonds is 17. The van der Waals surface area contributed by atoms with Crippen LogP contribution in [0.1, 0.15) is 20.7 Å². The molecule has 2 aromatic rings. The van der Waals surface area contributed by atoms with Gasteiger partial charge in [0.2, 0.25) is 0 Å². The minimum Gasteiger partial charge on any atom is -0.459 e. The fourth-order valence-electron chi connectivity index (χ4n) is 3.49. The molecule has 0 spiro atoms. The van der Waals surface area contributed by atoms with Crippen molar-refractivity contribution in [3.63, 3.8) is 0 Å². The molecule has 0 N–H and O–H groups in total. The maximum atomic E-state index is 12.6. The van der Waals surface area contributed by atoms with Crippen LogP contribution in [-0.2, 0) is 66.7 Å². The summed E-state index contributed by atoms with van der Waals surface area (Å²) in [6.45, 7) is -2.19. The monoisotopic (exact) mass is 702 g/mol. The molecule has 20 heteroatoms. The molecule has 44 heavy (non-hydrogen) atoms. The van der Waals surface area contributed by atoms with Gasteiger partial charge in [0, 0.05) is 0 Å². The van der Waals surface area contributed by atoms with Crippen molar-refractivity contribution < 1.29 is 69.5 Å². The van der Waals surface area contributed by atoms with Gasteiger partial charge in [-0.3, -0.25) is 16.7 Å². The largest absolute Gasteiger partial charge is 0.459 e. The second kappa shape index (κ2) is 15.3. The van der Waals surface area contributed by atoms with Gasteiger partial charge in [0.25, 0.3) is 40.5 Å². The average molecular weight is 703 g/mol. The number of benzene rings is 2. The highest BCUT2D eigenvalue weighted by Gasteiger charge is 2.46. The fraction of sp³-hybridized carbons (Fsp3) is 0.417. The third kappa shape index (κ3) is 14.2. The van der Waals surface area contributed by atoms with Gasteiger partial charge in [0.1, 0.15) is 37.6 Å². The molecule has 2 aromatic carbocycles. The maximum Gasteiger partial charge on any atom is 0.338 e. The lowest BCUT2D eigenvalue weighted by molar-refractivity contribution is -0.0850. The SMILES string of the molecule is CS(=O)(=O)O[C@H]([C@H](OS(C)(=O)=O)[C@@H](COC(=O)c1ccccc1)OS(C)(=O)=O)[C@H](COC(=O)c1ccccc1)OS(C)(=O)=O. The molecule has 246 valence electrons. The van der Waals surface area contributed by atoms with E-state index >= 15 is 0 Å². The zero-order valence-corrected chi connectivity index (χ0v) is 26.9. The maximum absolute atomic E-state index is 12.6. The molecule has 4 atom stereocenters. The van der Waals surface area contributed by atoms with E-state index in [-0.39, 0.29) is 11.1 Å². The number of carbonyl (C=O) groups is 2. The normalized spacial score (nSPS) is 15.5. The number of hydrogen-bond donors (Lipinski definition) is 0. The highest BCUT2D eigenvalue weighted by molar-refractivity contribution is 7.86. The van der Waals surface area contributed by atoms with Crippen LogP contribution in [0.4, 0.5) is 0 Å². The first-order chi connectivity index (χ1) is 20.1. The van der Waals surface area contributed by atoms with Gasteiger partial charge in [0.05, 0.1) is 36.1 Å². The first kappa shape index (κ1) is 37.2. The van der Waals surface area contributed by atoms with Crippen LogP contribution in [0, 0.1) is 0 Å². The quantitative estimate of drug-likeness (QED) is 0.157. The summed E-state index contributed by atoms with van der Waals surface area (Å²) in [6, 6.07) is 14.5. The van der Waals surface area contributed by atoms with E-state index in [1.54, 1.807) is 12.1 Å². The number of ether oxygens (including phenoxy) is 2. The molecule has 0 amide bonds. The summed E-state index contributed by atoms with van der Waals surface area (Å²) in [5, 5.41) is 0. The Morgan fingerprint density at radius 1 is 0.500 bits per heavy atom. The summed E-state index contributed by atoms with van der Waals surface area (Å²) in [5.41, 5.74) is -0.0255. The summed E-state index contributed by atoms with van der Waals surface area (Å²) >= 11 is 0. The average Bonchev–Trinajstić information content (AvgIpc) is 2.89. The molecular formula is C24H30O16S4. The van der Waals surface area contributed by atoms with E-state index in [4.69, 9.17) is 26.2 Å². The van der Waals surface area contributed by atoms with Gasteiger partial charge in [-0.05, 0) is 24.3 Å². The third-order valence-corrected chi connectivity index (χ3v) is 7.34. The molecule has 0 fully saturated rings. The lowest BCUT2D eigenvalue weighted by Gasteiger charge is -2.34. The smallest absolute Gasteiger partial charge is 0.338 e. The van der Waals surface area contributed by atoms with E-state index in [9.17, 15) is 43.3 Å². The molecule has 0 aliphatic heterocycles. The van der Waals surface area contributed by atoms with E-state index in [1.807, 2.05) is 0 Å². The van der Waals surface area contributed by atoms with Crippen molar-refractivity contribution in [1.82, 2.24) is 0 Å². The Balaban J connectivity index is 2.63. The van der Waals surface area contributed by atoms with Crippen molar-refractivity contribution >= 4 is 52.4 Å². The van der Waals surface area contributed by atoms with Crippen molar-refractivity contribution in [2.24, 2.45) is 0 Å². The minimum absolute atomic E-state index is 0.0127. The second-order valence-corrected chi connectivity index (χ2v) is 15.5. The van der Waals surface area contributed by atoms with Crippen LogP contribution in [0.3, 0.4) is 0 Å². The van der Waals surface area contributed by atoms with Crippen molar-refractivity contribution in [1.29, 1.82) is 0 Å². The zero-order chi connectivity index (χ0) is 33.3. The molecule has 0 aromatic heterocycles. The highest BCUT2D eigenvalue weighted by atomic mass is 32.2. The molecule has 0 unspecified atom stereocenters. The molecule has 0 heterocycles. The zero-order valence-electron chi connectivity index (χ0n) is 23.7. The summed E-state index contributed by atoms with van der Waals surface area (Å²) < 4.78 is 128. The molecule has 16 nitrogen and oxygen atoms in total. The minimum atomic E-state index is -4.67. The van der Waals surface area contributed by atoms with Gasteiger partial charge in [-0.1, -0.05) is 36.4 Å². The third-order valence-electron chi connectivity index (χ3n) is 5.00. The Hall–Kier alpha value is -2.98. The summed E-state index contributed by atoms with van der Waals surface area (Å²) in [7, 11) is -18.4. The molecule has 0 saturated carbocycles. The van der Waals surface area contributed by atoms with Crippen LogP contribution < -0.4 is 0 Å². The molecule has 0 aliphatic carbocycles. The van der Waals surface area contributed by atoms with Crippen LogP contribution in [0.2, 0.25) is 0 Å². The molecule has 0 aliphatic rings. The van der Waals surface area contributed by atoms with Crippen molar-refractivity contribution in [2.45, 2.75) is 24.4 Å². The molecule has 0 radical (unpaired) electrons. The van der Waals surface area contributed by atoms with Gasteiger partial charge >= 0.3 is 11.9 Å². The van der Waals surface area contributed by atoms with Gasteiger partial charge < -0.3 is 9.47 Å². The summed E-state index contributed by atoms with van der Waals surface area (Å²) in [5.74, 6) is -2.07. The molecule has 2 rings (SSSR count). The van der Waals surface area contributed by atoms with E-state index < -0.39 is 90.0 Å². The first-order valence-electron chi connectivity index (χ1n) is 12.1. The topological polar surface area (TPSA) is 226 Å². The lowest BCUT2D eigenvalue weighted by atomic mass is 10.0. The second-order valence-electron chi connectivity index (χ2n) is 9.14. The molecule has 0 saturated heterocycles. The number of hydrogen-bond acceptors (Lipinski definition) is 16.